The van der Waals surface area contributed by atoms with Gasteiger partial charge in [-0.2, -0.15) is 0 Å². The van der Waals surface area contributed by atoms with Gasteiger partial charge in [0.05, 0.1) is 0 Å². The second-order valence-corrected chi connectivity index (χ2v) is 21.9. The molecule has 7 rings (SSSR count). The molecule has 0 aromatic heterocycles. The van der Waals surface area contributed by atoms with Gasteiger partial charge in [-0.15, -0.1) is 0 Å². The Morgan fingerprint density at radius 3 is 1.46 bits per heavy atom. The average Bonchev–Trinajstić information content (AvgIpc) is 3.57. The van der Waals surface area contributed by atoms with E-state index in [9.17, 15) is 0 Å². The van der Waals surface area contributed by atoms with Crippen molar-refractivity contribution in [3.8, 4) is 11.1 Å². The second-order valence-electron chi connectivity index (χ2n) is 15.5. The van der Waals surface area contributed by atoms with E-state index in [1.165, 1.54) is 55.6 Å². The topological polar surface area (TPSA) is 0 Å². The molecule has 244 valence electrons. The van der Waals surface area contributed by atoms with E-state index in [0.29, 0.717) is 7.25 Å². The quantitative estimate of drug-likeness (QED) is 0.224. The fourth-order valence-corrected chi connectivity index (χ4v) is 17.4. The number of rotatable bonds is 4. The fourth-order valence-electron chi connectivity index (χ4n) is 7.57. The van der Waals surface area contributed by atoms with Crippen LogP contribution < -0.4 is 24.8 Å². The summed E-state index contributed by atoms with van der Waals surface area (Å²) < 4.78 is 2.43. The molecule has 2 aliphatic rings. The molecule has 1 unspecified atom stereocenters. The van der Waals surface area contributed by atoms with E-state index in [4.69, 9.17) is 0 Å². The van der Waals surface area contributed by atoms with Crippen molar-refractivity contribution < 1.29 is 46.1 Å². The molecule has 0 amide bonds. The summed E-state index contributed by atoms with van der Waals surface area (Å²) in [6, 6.07) is 42.6. The Morgan fingerprint density at radius 1 is 0.542 bits per heavy atom. The van der Waals surface area contributed by atoms with Crippen LogP contribution in [0.5, 0.6) is 0 Å². The molecule has 0 bridgehead atoms. The van der Waals surface area contributed by atoms with Crippen LogP contribution >= 0.6 is 0 Å². The second kappa shape index (κ2) is 13.8. The third kappa shape index (κ3) is 6.56. The molecule has 5 aromatic carbocycles. The van der Waals surface area contributed by atoms with Gasteiger partial charge in [0, 0.05) is 0 Å². The fraction of sp³-hybridized carbons (Fsp3) is 0.267. The van der Waals surface area contributed by atoms with Crippen LogP contribution in [0.3, 0.4) is 0 Å². The van der Waals surface area contributed by atoms with Gasteiger partial charge >= 0.3 is 286 Å². The predicted octanol–water partition coefficient (Wildman–Crippen LogP) is 5.63. The van der Waals surface area contributed by atoms with Gasteiger partial charge in [-0.05, 0) is 0 Å². The first kappa shape index (κ1) is 36.5. The third-order valence-electron chi connectivity index (χ3n) is 10.3. The van der Waals surface area contributed by atoms with Gasteiger partial charge in [0.2, 0.25) is 0 Å². The van der Waals surface area contributed by atoms with Gasteiger partial charge in [0.15, 0.2) is 0 Å². The molecule has 1 atom stereocenters. The van der Waals surface area contributed by atoms with Crippen molar-refractivity contribution in [2.45, 2.75) is 73.5 Å². The number of benzene rings is 5. The summed E-state index contributed by atoms with van der Waals surface area (Å²) in [5.41, 5.74) is 17.5. The van der Waals surface area contributed by atoms with Crippen LogP contribution in [0.15, 0.2) is 115 Å². The van der Waals surface area contributed by atoms with Crippen LogP contribution in [0.4, 0.5) is 0 Å². The Hall–Kier alpha value is -2.83. The van der Waals surface area contributed by atoms with Gasteiger partial charge < -0.3 is 24.8 Å². The van der Waals surface area contributed by atoms with Crippen molar-refractivity contribution in [2.24, 2.45) is 0 Å². The van der Waals surface area contributed by atoms with Crippen LogP contribution in [-0.2, 0) is 32.1 Å². The molecular weight excluding hydrogens is 703 g/mol. The average molecular weight is 749 g/mol. The summed E-state index contributed by atoms with van der Waals surface area (Å²) in [7, 11) is 0. The van der Waals surface area contributed by atoms with E-state index in [2.05, 4.69) is 177 Å². The molecular formula is C45H46Cl2Zr. The number of fused-ring (bicyclic) bond motifs is 4. The van der Waals surface area contributed by atoms with Gasteiger partial charge in [-0.1, -0.05) is 0 Å². The number of aryl methyl sites for hydroxylation is 2. The van der Waals surface area contributed by atoms with Crippen LogP contribution in [0, 0.1) is 13.8 Å². The van der Waals surface area contributed by atoms with Crippen LogP contribution in [-0.4, -0.2) is 3.21 Å². The maximum absolute atomic E-state index is 2.87. The zero-order chi connectivity index (χ0) is 32.4. The first-order chi connectivity index (χ1) is 21.9. The van der Waals surface area contributed by atoms with Crippen molar-refractivity contribution in [1.82, 2.24) is 0 Å². The molecule has 3 heteroatoms. The summed E-state index contributed by atoms with van der Waals surface area (Å²) >= 11 is -2.87. The molecule has 0 nitrogen and oxygen atoms in total. The summed E-state index contributed by atoms with van der Waals surface area (Å²) in [5.74, 6) is 0. The number of hydrogen-bond donors (Lipinski definition) is 0. The van der Waals surface area contributed by atoms with E-state index in [1.54, 1.807) is 14.3 Å². The maximum atomic E-state index is 2.60. The van der Waals surface area contributed by atoms with Crippen molar-refractivity contribution >= 4 is 9.28 Å². The molecule has 0 heterocycles. The van der Waals surface area contributed by atoms with Gasteiger partial charge in [0.1, 0.15) is 0 Å². The van der Waals surface area contributed by atoms with Crippen molar-refractivity contribution in [3.05, 3.63) is 171 Å². The van der Waals surface area contributed by atoms with E-state index in [1.807, 2.05) is 0 Å². The van der Waals surface area contributed by atoms with Gasteiger partial charge in [0.25, 0.3) is 0 Å². The monoisotopic (exact) mass is 746 g/mol. The molecule has 0 saturated heterocycles. The Kier molecular flexibility index (Phi) is 10.5. The minimum atomic E-state index is -2.87. The Labute approximate surface area is 308 Å². The summed E-state index contributed by atoms with van der Waals surface area (Å²) in [5, 5.41) is 0. The first-order valence-corrected chi connectivity index (χ1v) is 20.9. The SMILES string of the molecule is Cc1cc2c(cc1C)[CH]([Zr+2](=[C](c1ccccc1)c1ccccc1)[CH]1c3cc(C(C)(C)C)ccc3-c3ccc(C(C)(C)C)cc31)C=C2.[Cl-].[Cl-]. The van der Waals surface area contributed by atoms with E-state index in [0.717, 1.165) is 0 Å². The Morgan fingerprint density at radius 2 is 1.00 bits per heavy atom. The van der Waals surface area contributed by atoms with E-state index < -0.39 is 21.3 Å². The summed E-state index contributed by atoms with van der Waals surface area (Å²) in [6.07, 6.45) is 5.04. The smallest absolute Gasteiger partial charge is 1.00 e. The molecule has 48 heavy (non-hydrogen) atoms. The van der Waals surface area contributed by atoms with E-state index >= 15 is 0 Å². The summed E-state index contributed by atoms with van der Waals surface area (Å²) in [4.78, 5) is 0. The molecule has 0 N–H and O–H groups in total. The third-order valence-corrected chi connectivity index (χ3v) is 19.1. The summed E-state index contributed by atoms with van der Waals surface area (Å²) in [6.45, 7) is 18.7. The van der Waals surface area contributed by atoms with Crippen molar-refractivity contribution in [3.63, 3.8) is 0 Å². The largest absolute Gasteiger partial charge is 1.00 e. The van der Waals surface area contributed by atoms with E-state index in [-0.39, 0.29) is 35.6 Å². The molecule has 0 fully saturated rings. The first-order valence-electron chi connectivity index (χ1n) is 16.9. The Balaban J connectivity index is 0.00000225. The molecule has 2 aliphatic carbocycles. The molecule has 0 radical (unpaired) electrons. The number of halogens is 2. The van der Waals surface area contributed by atoms with Crippen LogP contribution in [0.25, 0.3) is 17.2 Å². The normalized spacial score (nSPS) is 14.6. The van der Waals surface area contributed by atoms with Crippen molar-refractivity contribution in [1.29, 1.82) is 0 Å². The number of allylic oxidation sites excluding steroid dienone is 1. The Bertz CT molecular complexity index is 1920. The number of hydrogen-bond acceptors (Lipinski definition) is 0. The van der Waals surface area contributed by atoms with Gasteiger partial charge in [-0.25, -0.2) is 0 Å². The minimum Gasteiger partial charge on any atom is -1.00 e. The van der Waals surface area contributed by atoms with Gasteiger partial charge in [-0.3, -0.25) is 0 Å². The minimum absolute atomic E-state index is 0. The van der Waals surface area contributed by atoms with Crippen molar-refractivity contribution in [2.75, 3.05) is 0 Å². The molecule has 0 saturated carbocycles. The van der Waals surface area contributed by atoms with Crippen LogP contribution in [0.2, 0.25) is 0 Å². The standard InChI is InChI=1S/C21H25.C13H10.C11H11.2ClH.Zr/c1-20(2,3)16-7-9-18-14(12-16)11-15-13-17(21(4,5)6)8-10-19(15)18;1-3-7-12(8-4-1)11-13-9-5-2-6-10-13;1-8-6-10-4-3-5-11(10)7-9(8)2;;;/h7-13H,1-6H3;1-10H;3-7H,1-2H3;2*1H;/q;;;;;+2/p-2. The molecule has 5 aromatic rings. The predicted molar refractivity (Wildman–Crippen MR) is 195 cm³/mol. The molecule has 0 aliphatic heterocycles. The molecule has 0 spiro atoms. The maximum Gasteiger partial charge on any atom is -1.00 e. The zero-order valence-electron chi connectivity index (χ0n) is 29.5. The zero-order valence-corrected chi connectivity index (χ0v) is 33.4. The van der Waals surface area contributed by atoms with Crippen LogP contribution in [0.1, 0.15) is 104 Å².